The molecule has 0 radical (unpaired) electrons. The van der Waals surface area contributed by atoms with E-state index in [4.69, 9.17) is 5.11 Å². The topological polar surface area (TPSA) is 82.2 Å². The van der Waals surface area contributed by atoms with E-state index in [2.05, 4.69) is 30.2 Å². The second kappa shape index (κ2) is 18.1. The van der Waals surface area contributed by atoms with Gasteiger partial charge in [0.25, 0.3) is 5.91 Å². The fourth-order valence-electron chi connectivity index (χ4n) is 5.37. The minimum absolute atomic E-state index is 0.0147. The van der Waals surface area contributed by atoms with E-state index in [0.29, 0.717) is 6.42 Å². The first-order valence-corrected chi connectivity index (χ1v) is 15.4. The van der Waals surface area contributed by atoms with E-state index in [1.54, 1.807) is 0 Å². The van der Waals surface area contributed by atoms with Crippen molar-refractivity contribution in [3.8, 4) is 0 Å². The first-order valence-electron chi connectivity index (χ1n) is 15.4. The number of aryl methyl sites for hydroxylation is 1. The van der Waals surface area contributed by atoms with E-state index >= 15 is 0 Å². The van der Waals surface area contributed by atoms with E-state index in [-0.39, 0.29) is 5.91 Å². The third kappa shape index (κ3) is 11.6. The van der Waals surface area contributed by atoms with Crippen LogP contribution in [0.3, 0.4) is 0 Å². The molecule has 0 fully saturated rings. The molecule has 2 rings (SSSR count). The van der Waals surface area contributed by atoms with Gasteiger partial charge in [-0.05, 0) is 69.7 Å². The summed E-state index contributed by atoms with van der Waals surface area (Å²) in [6.07, 6.45) is 25.4. The molecule has 38 heavy (non-hydrogen) atoms. The Kier molecular flexibility index (Phi) is 15.2. The average Bonchev–Trinajstić information content (AvgIpc) is 3.29. The molecule has 0 saturated heterocycles. The molecule has 0 aliphatic carbocycles. The van der Waals surface area contributed by atoms with Crippen LogP contribution < -0.4 is 5.32 Å². The molecule has 1 aromatic rings. The van der Waals surface area contributed by atoms with Crippen molar-refractivity contribution in [1.82, 2.24) is 10.3 Å². The molecule has 3 N–H and O–H groups in total. The Morgan fingerprint density at radius 3 is 1.53 bits per heavy atom. The number of aliphatic carboxylic acids is 1. The molecule has 1 aliphatic rings. The molecule has 214 valence electrons. The summed E-state index contributed by atoms with van der Waals surface area (Å²) in [4.78, 5) is 26.0. The van der Waals surface area contributed by atoms with Crippen LogP contribution >= 0.6 is 0 Å². The van der Waals surface area contributed by atoms with Crippen LogP contribution in [0.25, 0.3) is 6.08 Å². The van der Waals surface area contributed by atoms with Gasteiger partial charge in [-0.25, -0.2) is 0 Å². The summed E-state index contributed by atoms with van der Waals surface area (Å²) < 4.78 is 0. The van der Waals surface area contributed by atoms with Gasteiger partial charge in [-0.3, -0.25) is 9.59 Å². The van der Waals surface area contributed by atoms with E-state index in [9.17, 15) is 9.59 Å². The van der Waals surface area contributed by atoms with Crippen LogP contribution in [-0.4, -0.2) is 22.0 Å². The third-order valence-corrected chi connectivity index (χ3v) is 8.37. The number of H-pyrrole nitrogens is 1. The number of nitrogens with one attached hydrogen (secondary N) is 2. The van der Waals surface area contributed by atoms with Crippen molar-refractivity contribution < 1.29 is 14.7 Å². The Hall–Kier alpha value is -2.30. The minimum Gasteiger partial charge on any atom is -0.481 e. The SMILES string of the molecule is CC1=C(C)/C(=C/c2[nH]c(CCCCCCCCCCCCCCCCCCCC(=O)O)c(C)c2C)NC1=O. The van der Waals surface area contributed by atoms with Crippen molar-refractivity contribution in [3.63, 3.8) is 0 Å². The van der Waals surface area contributed by atoms with Gasteiger partial charge in [0.05, 0.1) is 0 Å². The lowest BCUT2D eigenvalue weighted by Crippen LogP contribution is -2.15. The molecule has 0 spiro atoms. The predicted molar refractivity (Wildman–Crippen MR) is 159 cm³/mol. The summed E-state index contributed by atoms with van der Waals surface area (Å²) in [6.45, 7) is 8.26. The zero-order chi connectivity index (χ0) is 27.8. The summed E-state index contributed by atoms with van der Waals surface area (Å²) in [5.74, 6) is -0.648. The highest BCUT2D eigenvalue weighted by atomic mass is 16.4. The number of aromatic amines is 1. The molecule has 5 heteroatoms. The molecule has 2 heterocycles. The zero-order valence-electron chi connectivity index (χ0n) is 24.8. The van der Waals surface area contributed by atoms with Crippen LogP contribution in [0.5, 0.6) is 0 Å². The molecule has 1 amide bonds. The Labute approximate surface area is 232 Å². The van der Waals surface area contributed by atoms with Gasteiger partial charge in [-0.1, -0.05) is 96.3 Å². The fourth-order valence-corrected chi connectivity index (χ4v) is 5.37. The van der Waals surface area contributed by atoms with Crippen LogP contribution in [0.2, 0.25) is 0 Å². The van der Waals surface area contributed by atoms with Crippen molar-refractivity contribution in [2.75, 3.05) is 0 Å². The monoisotopic (exact) mass is 526 g/mol. The Morgan fingerprint density at radius 1 is 0.658 bits per heavy atom. The van der Waals surface area contributed by atoms with Crippen LogP contribution in [0.15, 0.2) is 16.8 Å². The minimum atomic E-state index is -0.663. The quantitative estimate of drug-likeness (QED) is 0.140. The van der Waals surface area contributed by atoms with Gasteiger partial charge >= 0.3 is 5.97 Å². The van der Waals surface area contributed by atoms with E-state index < -0.39 is 5.97 Å². The molecule has 0 aromatic carbocycles. The molecule has 0 bridgehead atoms. The second-order valence-electron chi connectivity index (χ2n) is 11.4. The maximum atomic E-state index is 11.9. The molecular formula is C33H54N2O3. The summed E-state index contributed by atoms with van der Waals surface area (Å²) in [7, 11) is 0. The normalized spacial score (nSPS) is 14.6. The van der Waals surface area contributed by atoms with Crippen LogP contribution in [0, 0.1) is 13.8 Å². The van der Waals surface area contributed by atoms with Crippen molar-refractivity contribution in [2.24, 2.45) is 0 Å². The first-order chi connectivity index (χ1) is 18.3. The lowest BCUT2D eigenvalue weighted by atomic mass is 10.0. The molecule has 1 aromatic heterocycles. The number of carbonyl (C=O) groups is 2. The van der Waals surface area contributed by atoms with Gasteiger partial charge in [0.1, 0.15) is 0 Å². The summed E-state index contributed by atoms with van der Waals surface area (Å²) in [6, 6.07) is 0. The number of hydrogen-bond acceptors (Lipinski definition) is 2. The lowest BCUT2D eigenvalue weighted by molar-refractivity contribution is -0.137. The van der Waals surface area contributed by atoms with Crippen molar-refractivity contribution >= 4 is 18.0 Å². The highest BCUT2D eigenvalue weighted by Gasteiger charge is 2.21. The zero-order valence-corrected chi connectivity index (χ0v) is 24.8. The Bertz CT molecular complexity index is 938. The number of aromatic nitrogens is 1. The van der Waals surface area contributed by atoms with Crippen LogP contribution in [0.4, 0.5) is 0 Å². The van der Waals surface area contributed by atoms with Gasteiger partial charge in [0.2, 0.25) is 0 Å². The average molecular weight is 527 g/mol. The van der Waals surface area contributed by atoms with Gasteiger partial charge in [0.15, 0.2) is 0 Å². The first kappa shape index (κ1) is 31.9. The van der Waals surface area contributed by atoms with E-state index in [0.717, 1.165) is 41.8 Å². The number of carbonyl (C=O) groups excluding carboxylic acids is 1. The van der Waals surface area contributed by atoms with Gasteiger partial charge in [-0.15, -0.1) is 0 Å². The number of allylic oxidation sites excluding steroid dienone is 1. The lowest BCUT2D eigenvalue weighted by Gasteiger charge is -2.04. The molecule has 0 saturated carbocycles. The predicted octanol–water partition coefficient (Wildman–Crippen LogP) is 9.09. The number of rotatable bonds is 21. The number of carboxylic acid groups (broad SMARTS) is 1. The number of amides is 1. The van der Waals surface area contributed by atoms with Gasteiger partial charge < -0.3 is 15.4 Å². The highest BCUT2D eigenvalue weighted by Crippen LogP contribution is 2.26. The molecule has 0 unspecified atom stereocenters. The van der Waals surface area contributed by atoms with Gasteiger partial charge in [0, 0.05) is 29.1 Å². The third-order valence-electron chi connectivity index (χ3n) is 8.37. The Balaban J connectivity index is 1.44. The Morgan fingerprint density at radius 2 is 1.11 bits per heavy atom. The fraction of sp³-hybridized carbons (Fsp3) is 0.697. The highest BCUT2D eigenvalue weighted by molar-refractivity contribution is 6.00. The summed E-state index contributed by atoms with van der Waals surface area (Å²) >= 11 is 0. The largest absolute Gasteiger partial charge is 0.481 e. The van der Waals surface area contributed by atoms with Crippen LogP contribution in [0.1, 0.15) is 152 Å². The molecular weight excluding hydrogens is 472 g/mol. The van der Waals surface area contributed by atoms with Crippen LogP contribution in [-0.2, 0) is 16.0 Å². The van der Waals surface area contributed by atoms with Crippen molar-refractivity contribution in [3.05, 3.63) is 39.4 Å². The van der Waals surface area contributed by atoms with Crippen molar-refractivity contribution in [2.45, 2.75) is 150 Å². The standard InChI is InChI=1S/C33H54N2O3/c1-25-26(2)30(24-31-27(3)28(4)33(38)35-31)34-29(25)22-20-18-16-14-12-10-8-6-5-7-9-11-13-15-17-19-21-23-32(36)37/h24,34H,5-23H2,1-4H3,(H,35,38)(H,36,37)/b31-24-. The number of carboxylic acids is 1. The number of hydrogen-bond donors (Lipinski definition) is 3. The molecule has 0 atom stereocenters. The molecule has 1 aliphatic heterocycles. The number of unbranched alkanes of at least 4 members (excludes halogenated alkanes) is 16. The maximum Gasteiger partial charge on any atom is 0.303 e. The van der Waals surface area contributed by atoms with E-state index in [1.807, 2.05) is 13.8 Å². The van der Waals surface area contributed by atoms with Crippen molar-refractivity contribution in [1.29, 1.82) is 0 Å². The second-order valence-corrected chi connectivity index (χ2v) is 11.4. The van der Waals surface area contributed by atoms with Gasteiger partial charge in [-0.2, -0.15) is 0 Å². The smallest absolute Gasteiger partial charge is 0.303 e. The summed E-state index contributed by atoms with van der Waals surface area (Å²) in [5.41, 5.74) is 7.86. The van der Waals surface area contributed by atoms with E-state index in [1.165, 1.54) is 113 Å². The maximum absolute atomic E-state index is 11.9. The molecule has 5 nitrogen and oxygen atoms in total. The summed E-state index contributed by atoms with van der Waals surface area (Å²) in [5, 5.41) is 11.6.